The second-order valence-corrected chi connectivity index (χ2v) is 6.92. The summed E-state index contributed by atoms with van der Waals surface area (Å²) >= 11 is 1.26. The van der Waals surface area contributed by atoms with E-state index in [0.29, 0.717) is 27.9 Å². The summed E-state index contributed by atoms with van der Waals surface area (Å²) in [6, 6.07) is 8.14. The topological polar surface area (TPSA) is 110 Å². The molecule has 0 aliphatic heterocycles. The summed E-state index contributed by atoms with van der Waals surface area (Å²) < 4.78 is 6.52. The predicted molar refractivity (Wildman–Crippen MR) is 107 cm³/mol. The van der Waals surface area contributed by atoms with Gasteiger partial charge in [-0.2, -0.15) is 0 Å². The number of rotatable bonds is 7. The van der Waals surface area contributed by atoms with Gasteiger partial charge in [-0.25, -0.2) is 9.59 Å². The van der Waals surface area contributed by atoms with Gasteiger partial charge in [0.1, 0.15) is 4.70 Å². The molecule has 0 saturated carbocycles. The molecule has 1 amide bonds. The molecule has 8 nitrogen and oxygen atoms in total. The average Bonchev–Trinajstić information content (AvgIpc) is 3.13. The number of benzene rings is 1. The van der Waals surface area contributed by atoms with Crippen LogP contribution in [0.4, 0.5) is 5.69 Å². The van der Waals surface area contributed by atoms with Gasteiger partial charge in [0.2, 0.25) is 5.91 Å². The van der Waals surface area contributed by atoms with Gasteiger partial charge in [0.05, 0.1) is 17.7 Å². The lowest BCUT2D eigenvalue weighted by Crippen LogP contribution is -2.34. The molecule has 0 bridgehead atoms. The number of hydrogen-bond donors (Lipinski definition) is 2. The number of aromatic amines is 1. The third-order valence-corrected chi connectivity index (χ3v) is 4.94. The Balaban J connectivity index is 1.60. The first-order valence-corrected chi connectivity index (χ1v) is 9.65. The van der Waals surface area contributed by atoms with Crippen LogP contribution in [0.5, 0.6) is 0 Å². The zero-order chi connectivity index (χ0) is 20.1. The number of hydrogen-bond acceptors (Lipinski definition) is 6. The van der Waals surface area contributed by atoms with E-state index in [9.17, 15) is 19.2 Å². The van der Waals surface area contributed by atoms with Crippen LogP contribution in [0.2, 0.25) is 0 Å². The molecule has 2 N–H and O–H groups in total. The zero-order valence-electron chi connectivity index (χ0n) is 15.2. The number of esters is 1. The number of amides is 1. The Morgan fingerprint density at radius 1 is 1.25 bits per heavy atom. The molecule has 0 aliphatic carbocycles. The highest BCUT2D eigenvalue weighted by Crippen LogP contribution is 2.13. The summed E-state index contributed by atoms with van der Waals surface area (Å²) in [5.74, 6) is -0.733. The van der Waals surface area contributed by atoms with Gasteiger partial charge in [0, 0.05) is 18.7 Å². The van der Waals surface area contributed by atoms with Gasteiger partial charge in [-0.1, -0.05) is 6.07 Å². The molecule has 0 radical (unpaired) electrons. The Hall–Kier alpha value is -3.20. The molecule has 3 aromatic rings. The van der Waals surface area contributed by atoms with E-state index in [2.05, 4.69) is 10.3 Å². The van der Waals surface area contributed by atoms with Crippen molar-refractivity contribution in [1.29, 1.82) is 0 Å². The van der Waals surface area contributed by atoms with E-state index in [1.807, 2.05) is 0 Å². The van der Waals surface area contributed by atoms with Gasteiger partial charge in [0.15, 0.2) is 0 Å². The van der Waals surface area contributed by atoms with Crippen molar-refractivity contribution in [1.82, 2.24) is 9.55 Å². The molecule has 2 heterocycles. The molecular weight excluding hydrogens is 382 g/mol. The Bertz CT molecular complexity index is 1130. The van der Waals surface area contributed by atoms with E-state index in [1.165, 1.54) is 17.4 Å². The number of fused-ring (bicyclic) bond motifs is 1. The Morgan fingerprint density at radius 2 is 2.07 bits per heavy atom. The molecular formula is C19H19N3O5S. The van der Waals surface area contributed by atoms with Gasteiger partial charge in [-0.3, -0.25) is 14.2 Å². The molecule has 0 aliphatic rings. The molecule has 0 unspecified atom stereocenters. The van der Waals surface area contributed by atoms with Crippen molar-refractivity contribution in [3.63, 3.8) is 0 Å². The lowest BCUT2D eigenvalue weighted by atomic mass is 10.2. The molecule has 3 rings (SSSR count). The summed E-state index contributed by atoms with van der Waals surface area (Å²) in [4.78, 5) is 50.9. The number of nitrogens with zero attached hydrogens (tertiary/aromatic N) is 1. The van der Waals surface area contributed by atoms with Crippen LogP contribution in [0.1, 0.15) is 30.1 Å². The highest BCUT2D eigenvalue weighted by Gasteiger charge is 2.11. The minimum Gasteiger partial charge on any atom is -0.462 e. The van der Waals surface area contributed by atoms with Gasteiger partial charge in [0.25, 0.3) is 5.56 Å². The van der Waals surface area contributed by atoms with E-state index >= 15 is 0 Å². The molecule has 0 spiro atoms. The Kier molecular flexibility index (Phi) is 6.05. The van der Waals surface area contributed by atoms with E-state index < -0.39 is 11.7 Å². The SMILES string of the molecule is CCOC(=O)c1cccc(NC(=O)CCCn2c(=O)[nH]c3ccsc3c2=O)c1. The average molecular weight is 401 g/mol. The van der Waals surface area contributed by atoms with Gasteiger partial charge >= 0.3 is 11.7 Å². The minimum absolute atomic E-state index is 0.123. The van der Waals surface area contributed by atoms with Crippen LogP contribution in [-0.2, 0) is 16.1 Å². The number of H-pyrrole nitrogens is 1. The van der Waals surface area contributed by atoms with Crippen molar-refractivity contribution in [2.45, 2.75) is 26.3 Å². The maximum absolute atomic E-state index is 12.3. The van der Waals surface area contributed by atoms with E-state index in [1.54, 1.807) is 36.6 Å². The number of anilines is 1. The van der Waals surface area contributed by atoms with Crippen LogP contribution in [-0.4, -0.2) is 28.0 Å². The lowest BCUT2D eigenvalue weighted by molar-refractivity contribution is -0.116. The molecule has 0 saturated heterocycles. The fourth-order valence-electron chi connectivity index (χ4n) is 2.73. The van der Waals surface area contributed by atoms with Crippen LogP contribution in [0.15, 0.2) is 45.3 Å². The van der Waals surface area contributed by atoms with Crippen molar-refractivity contribution < 1.29 is 14.3 Å². The highest BCUT2D eigenvalue weighted by molar-refractivity contribution is 7.17. The van der Waals surface area contributed by atoms with Crippen LogP contribution in [0.25, 0.3) is 10.2 Å². The first-order chi connectivity index (χ1) is 13.5. The standard InChI is InChI=1S/C19H19N3O5S/c1-2-27-18(25)12-5-3-6-13(11-12)20-15(23)7-4-9-22-17(24)16-14(8-10-28-16)21-19(22)26/h3,5-6,8,10-11H,2,4,7,9H2,1H3,(H,20,23)(H,21,26). The maximum Gasteiger partial charge on any atom is 0.338 e. The summed E-state index contributed by atoms with van der Waals surface area (Å²) in [6.45, 7) is 2.12. The Labute approximate surface area is 163 Å². The maximum atomic E-state index is 12.3. The third kappa shape index (κ3) is 4.37. The molecule has 146 valence electrons. The molecule has 1 aromatic carbocycles. The summed E-state index contributed by atoms with van der Waals surface area (Å²) in [5.41, 5.74) is 0.512. The first-order valence-electron chi connectivity index (χ1n) is 8.77. The first kappa shape index (κ1) is 19.6. The van der Waals surface area contributed by atoms with Crippen LogP contribution >= 0.6 is 11.3 Å². The van der Waals surface area contributed by atoms with E-state index in [4.69, 9.17) is 4.74 Å². The Morgan fingerprint density at radius 3 is 2.86 bits per heavy atom. The molecule has 28 heavy (non-hydrogen) atoms. The van der Waals surface area contributed by atoms with Crippen molar-refractivity contribution in [2.24, 2.45) is 0 Å². The van der Waals surface area contributed by atoms with Crippen LogP contribution in [0, 0.1) is 0 Å². The number of carbonyl (C=O) groups is 2. The molecule has 0 atom stereocenters. The number of thiophene rings is 1. The van der Waals surface area contributed by atoms with Crippen molar-refractivity contribution >= 4 is 39.1 Å². The van der Waals surface area contributed by atoms with Gasteiger partial charge in [-0.05, 0) is 43.0 Å². The van der Waals surface area contributed by atoms with Crippen LogP contribution < -0.4 is 16.6 Å². The molecule has 9 heteroatoms. The normalized spacial score (nSPS) is 10.8. The number of ether oxygens (including phenoxy) is 1. The largest absolute Gasteiger partial charge is 0.462 e. The number of nitrogens with one attached hydrogen (secondary N) is 2. The fraction of sp³-hybridized carbons (Fsp3) is 0.263. The van der Waals surface area contributed by atoms with Crippen LogP contribution in [0.3, 0.4) is 0 Å². The minimum atomic E-state index is -0.488. The van der Waals surface area contributed by atoms with E-state index in [-0.39, 0.29) is 31.0 Å². The quantitative estimate of drug-likeness (QED) is 0.591. The number of carbonyl (C=O) groups excluding carboxylic acids is 2. The predicted octanol–water partition coefficient (Wildman–Crippen LogP) is 2.35. The number of aromatic nitrogens is 2. The zero-order valence-corrected chi connectivity index (χ0v) is 16.0. The smallest absolute Gasteiger partial charge is 0.338 e. The third-order valence-electron chi connectivity index (χ3n) is 4.03. The lowest BCUT2D eigenvalue weighted by Gasteiger charge is -2.08. The second kappa shape index (κ2) is 8.66. The van der Waals surface area contributed by atoms with Gasteiger partial charge < -0.3 is 15.0 Å². The monoisotopic (exact) mass is 401 g/mol. The molecule has 0 fully saturated rings. The highest BCUT2D eigenvalue weighted by atomic mass is 32.1. The molecule has 2 aromatic heterocycles. The summed E-state index contributed by atoms with van der Waals surface area (Å²) in [7, 11) is 0. The van der Waals surface area contributed by atoms with E-state index in [0.717, 1.165) is 4.57 Å². The van der Waals surface area contributed by atoms with Crippen molar-refractivity contribution in [3.05, 3.63) is 62.1 Å². The summed E-state index contributed by atoms with van der Waals surface area (Å²) in [5, 5.41) is 4.44. The van der Waals surface area contributed by atoms with Crippen molar-refractivity contribution in [2.75, 3.05) is 11.9 Å². The van der Waals surface area contributed by atoms with Crippen molar-refractivity contribution in [3.8, 4) is 0 Å². The summed E-state index contributed by atoms with van der Waals surface area (Å²) in [6.07, 6.45) is 0.446. The second-order valence-electron chi connectivity index (χ2n) is 6.00. The fourth-order valence-corrected chi connectivity index (χ4v) is 3.53. The van der Waals surface area contributed by atoms with Gasteiger partial charge in [-0.15, -0.1) is 11.3 Å².